The minimum absolute atomic E-state index is 0.455. The average Bonchev–Trinajstić information content (AvgIpc) is 2.66. The maximum absolute atomic E-state index is 5.94. The van der Waals surface area contributed by atoms with E-state index in [9.17, 15) is 0 Å². The Morgan fingerprint density at radius 2 is 1.60 bits per heavy atom. The Morgan fingerprint density at radius 1 is 0.840 bits per heavy atom. The summed E-state index contributed by atoms with van der Waals surface area (Å²) in [6.45, 7) is 3.63. The van der Waals surface area contributed by atoms with E-state index in [2.05, 4.69) is 37.3 Å². The summed E-state index contributed by atoms with van der Waals surface area (Å²) < 4.78 is 11.7. The van der Waals surface area contributed by atoms with Gasteiger partial charge in [-0.1, -0.05) is 55.8 Å². The molecule has 3 rings (SSSR count). The zero-order valence-electron chi connectivity index (χ0n) is 14.7. The smallest absolute Gasteiger partial charge is 0.124 e. The molecule has 2 N–H and O–H groups in total. The number of rotatable bonds is 8. The van der Waals surface area contributed by atoms with E-state index in [0.29, 0.717) is 19.8 Å². The van der Waals surface area contributed by atoms with Crippen LogP contribution in [0.25, 0.3) is 10.8 Å². The van der Waals surface area contributed by atoms with Gasteiger partial charge in [0.15, 0.2) is 0 Å². The summed E-state index contributed by atoms with van der Waals surface area (Å²) in [5, 5.41) is 2.33. The maximum atomic E-state index is 5.94. The molecule has 0 heterocycles. The predicted octanol–water partition coefficient (Wildman–Crippen LogP) is 4.71. The molecule has 0 aliphatic carbocycles. The van der Waals surface area contributed by atoms with Gasteiger partial charge in [0.25, 0.3) is 0 Å². The van der Waals surface area contributed by atoms with Gasteiger partial charge in [0.2, 0.25) is 0 Å². The van der Waals surface area contributed by atoms with Crippen molar-refractivity contribution in [2.45, 2.75) is 26.3 Å². The molecule has 0 radical (unpaired) electrons. The largest absolute Gasteiger partial charge is 0.490 e. The van der Waals surface area contributed by atoms with Gasteiger partial charge in [-0.2, -0.15) is 0 Å². The van der Waals surface area contributed by atoms with E-state index < -0.39 is 0 Å². The van der Waals surface area contributed by atoms with Crippen LogP contribution in [0.15, 0.2) is 60.7 Å². The SMILES string of the molecule is CCCc1ccc(OCCOc2ccc3ccccc3c2CN)cc1. The van der Waals surface area contributed by atoms with Crippen LogP contribution in [-0.2, 0) is 13.0 Å². The van der Waals surface area contributed by atoms with E-state index in [1.165, 1.54) is 10.9 Å². The van der Waals surface area contributed by atoms with E-state index in [1.54, 1.807) is 0 Å². The Hall–Kier alpha value is -2.52. The van der Waals surface area contributed by atoms with Crippen molar-refractivity contribution in [1.82, 2.24) is 0 Å². The predicted molar refractivity (Wildman–Crippen MR) is 103 cm³/mol. The van der Waals surface area contributed by atoms with Gasteiger partial charge in [-0.25, -0.2) is 0 Å². The fourth-order valence-corrected chi connectivity index (χ4v) is 3.01. The highest BCUT2D eigenvalue weighted by Crippen LogP contribution is 2.27. The van der Waals surface area contributed by atoms with Crippen molar-refractivity contribution in [2.75, 3.05) is 13.2 Å². The summed E-state index contributed by atoms with van der Waals surface area (Å²) in [7, 11) is 0. The number of benzene rings is 3. The molecule has 0 amide bonds. The van der Waals surface area contributed by atoms with Crippen molar-refractivity contribution >= 4 is 10.8 Å². The molecule has 3 heteroatoms. The minimum atomic E-state index is 0.455. The highest BCUT2D eigenvalue weighted by Gasteiger charge is 2.07. The van der Waals surface area contributed by atoms with Crippen LogP contribution in [0.5, 0.6) is 11.5 Å². The average molecular weight is 335 g/mol. The number of fused-ring (bicyclic) bond motifs is 1. The molecule has 0 aliphatic heterocycles. The van der Waals surface area contributed by atoms with Crippen molar-refractivity contribution in [2.24, 2.45) is 5.73 Å². The highest BCUT2D eigenvalue weighted by molar-refractivity contribution is 5.87. The van der Waals surface area contributed by atoms with Crippen LogP contribution in [0.4, 0.5) is 0 Å². The molecule has 3 aromatic carbocycles. The molecule has 0 bridgehead atoms. The zero-order valence-corrected chi connectivity index (χ0v) is 14.7. The molecule has 25 heavy (non-hydrogen) atoms. The third-order valence-electron chi connectivity index (χ3n) is 4.27. The van der Waals surface area contributed by atoms with E-state index in [0.717, 1.165) is 35.3 Å². The van der Waals surface area contributed by atoms with Crippen LogP contribution in [0.1, 0.15) is 24.5 Å². The van der Waals surface area contributed by atoms with Gasteiger partial charge in [-0.3, -0.25) is 0 Å². The molecule has 0 spiro atoms. The zero-order chi connectivity index (χ0) is 17.5. The molecule has 0 saturated carbocycles. The number of hydrogen-bond acceptors (Lipinski definition) is 3. The molecule has 0 saturated heterocycles. The summed E-state index contributed by atoms with van der Waals surface area (Å²) in [5.41, 5.74) is 8.33. The Labute approximate surface area is 149 Å². The highest BCUT2D eigenvalue weighted by atomic mass is 16.5. The van der Waals surface area contributed by atoms with Gasteiger partial charge in [0, 0.05) is 12.1 Å². The normalized spacial score (nSPS) is 10.8. The summed E-state index contributed by atoms with van der Waals surface area (Å²) in [5.74, 6) is 1.71. The van der Waals surface area contributed by atoms with Crippen LogP contribution in [0.3, 0.4) is 0 Å². The van der Waals surface area contributed by atoms with Crippen LogP contribution in [0, 0.1) is 0 Å². The lowest BCUT2D eigenvalue weighted by atomic mass is 10.0. The molecule has 0 unspecified atom stereocenters. The first kappa shape index (κ1) is 17.3. The van der Waals surface area contributed by atoms with Crippen LogP contribution < -0.4 is 15.2 Å². The summed E-state index contributed by atoms with van der Waals surface area (Å²) in [4.78, 5) is 0. The summed E-state index contributed by atoms with van der Waals surface area (Å²) >= 11 is 0. The third kappa shape index (κ3) is 4.31. The van der Waals surface area contributed by atoms with Crippen molar-refractivity contribution in [1.29, 1.82) is 0 Å². The fourth-order valence-electron chi connectivity index (χ4n) is 3.01. The first-order chi connectivity index (χ1) is 12.3. The Bertz CT molecular complexity index is 812. The second-order valence-electron chi connectivity index (χ2n) is 6.06. The van der Waals surface area contributed by atoms with Crippen LogP contribution in [0.2, 0.25) is 0 Å². The van der Waals surface area contributed by atoms with E-state index >= 15 is 0 Å². The number of ether oxygens (including phenoxy) is 2. The number of aryl methyl sites for hydroxylation is 1. The molecule has 3 nitrogen and oxygen atoms in total. The van der Waals surface area contributed by atoms with Crippen molar-refractivity contribution in [3.05, 3.63) is 71.8 Å². The van der Waals surface area contributed by atoms with Gasteiger partial charge in [-0.15, -0.1) is 0 Å². The summed E-state index contributed by atoms with van der Waals surface area (Å²) in [6, 6.07) is 20.6. The Balaban J connectivity index is 1.57. The van der Waals surface area contributed by atoms with E-state index in [-0.39, 0.29) is 0 Å². The van der Waals surface area contributed by atoms with Crippen LogP contribution in [-0.4, -0.2) is 13.2 Å². The Kier molecular flexibility index (Phi) is 5.91. The second-order valence-corrected chi connectivity index (χ2v) is 6.06. The molecule has 130 valence electrons. The van der Waals surface area contributed by atoms with Gasteiger partial charge < -0.3 is 15.2 Å². The molecule has 0 aromatic heterocycles. The van der Waals surface area contributed by atoms with E-state index in [1.807, 2.05) is 30.3 Å². The molecule has 3 aromatic rings. The van der Waals surface area contributed by atoms with E-state index in [4.69, 9.17) is 15.2 Å². The lowest BCUT2D eigenvalue weighted by Crippen LogP contribution is -2.11. The molecular formula is C22H25NO2. The van der Waals surface area contributed by atoms with Crippen molar-refractivity contribution < 1.29 is 9.47 Å². The quantitative estimate of drug-likeness (QED) is 0.606. The maximum Gasteiger partial charge on any atom is 0.124 e. The van der Waals surface area contributed by atoms with Crippen LogP contribution >= 0.6 is 0 Å². The van der Waals surface area contributed by atoms with Gasteiger partial charge in [0.1, 0.15) is 24.7 Å². The monoisotopic (exact) mass is 335 g/mol. The van der Waals surface area contributed by atoms with Gasteiger partial charge in [-0.05, 0) is 41.0 Å². The summed E-state index contributed by atoms with van der Waals surface area (Å²) in [6.07, 6.45) is 2.26. The molecule has 0 fully saturated rings. The lowest BCUT2D eigenvalue weighted by molar-refractivity contribution is 0.216. The first-order valence-electron chi connectivity index (χ1n) is 8.87. The fraction of sp³-hybridized carbons (Fsp3) is 0.273. The number of nitrogens with two attached hydrogens (primary N) is 1. The first-order valence-corrected chi connectivity index (χ1v) is 8.87. The Morgan fingerprint density at radius 3 is 2.36 bits per heavy atom. The minimum Gasteiger partial charge on any atom is -0.490 e. The standard InChI is InChI=1S/C22H25NO2/c1-2-5-17-8-11-19(12-9-17)24-14-15-25-22-13-10-18-6-3-4-7-20(18)21(22)16-23/h3-4,6-13H,2,5,14-16,23H2,1H3. The third-order valence-corrected chi connectivity index (χ3v) is 4.27. The van der Waals surface area contributed by atoms with Gasteiger partial charge >= 0.3 is 0 Å². The molecular weight excluding hydrogens is 310 g/mol. The van der Waals surface area contributed by atoms with Crippen molar-refractivity contribution in [3.8, 4) is 11.5 Å². The second kappa shape index (κ2) is 8.54. The van der Waals surface area contributed by atoms with Crippen molar-refractivity contribution in [3.63, 3.8) is 0 Å². The topological polar surface area (TPSA) is 44.5 Å². The molecule has 0 aliphatic rings. The van der Waals surface area contributed by atoms with Gasteiger partial charge in [0.05, 0.1) is 0 Å². The lowest BCUT2D eigenvalue weighted by Gasteiger charge is -2.13. The number of hydrogen-bond donors (Lipinski definition) is 1. The molecule has 0 atom stereocenters.